The fourth-order valence-corrected chi connectivity index (χ4v) is 4.12. The monoisotopic (exact) mass is 460 g/mol. The van der Waals surface area contributed by atoms with Crippen molar-refractivity contribution < 1.29 is 18.1 Å². The number of nitro benzene ring substituents is 1. The van der Waals surface area contributed by atoms with Gasteiger partial charge >= 0.3 is 0 Å². The van der Waals surface area contributed by atoms with Crippen LogP contribution in [-0.4, -0.2) is 26.7 Å². The summed E-state index contributed by atoms with van der Waals surface area (Å²) in [5.74, 6) is 0.574. The molecule has 0 aliphatic heterocycles. The van der Waals surface area contributed by atoms with Gasteiger partial charge in [0, 0.05) is 17.7 Å². The molecule has 0 aromatic heterocycles. The van der Waals surface area contributed by atoms with E-state index < -0.39 is 20.6 Å². The predicted molar refractivity (Wildman–Crippen MR) is 120 cm³/mol. The number of rotatable bonds is 8. The minimum Gasteiger partial charge on any atom is -0.496 e. The molecule has 11 heteroatoms. The predicted octanol–water partition coefficient (Wildman–Crippen LogP) is 4.50. The van der Waals surface area contributed by atoms with Crippen molar-refractivity contribution in [3.63, 3.8) is 0 Å². The highest BCUT2D eigenvalue weighted by atomic mass is 35.5. The van der Waals surface area contributed by atoms with Gasteiger partial charge in [-0.25, -0.2) is 8.42 Å². The number of halogens is 1. The lowest BCUT2D eigenvalue weighted by Gasteiger charge is -2.13. The standard InChI is InChI=1S/C20H17ClN4O5S/c1-30-19-9-5-2-6-14(19)13-22-23-18-11-10-15(25(26)27)12-20(18)31(28,29)24-17-8-4-3-7-16(17)21/h2-13,23-24H,1H3/b22-13-. The second kappa shape index (κ2) is 9.45. The fourth-order valence-electron chi connectivity index (χ4n) is 2.63. The van der Waals surface area contributed by atoms with Crippen LogP contribution >= 0.6 is 11.6 Å². The Labute approximate surface area is 183 Å². The summed E-state index contributed by atoms with van der Waals surface area (Å²) in [7, 11) is -2.71. The number of non-ortho nitro benzene ring substituents is 1. The average molecular weight is 461 g/mol. The number of nitro groups is 1. The topological polar surface area (TPSA) is 123 Å². The number of nitrogens with one attached hydrogen (secondary N) is 2. The van der Waals surface area contributed by atoms with Gasteiger partial charge in [0.15, 0.2) is 0 Å². The van der Waals surface area contributed by atoms with Crippen molar-refractivity contribution in [2.45, 2.75) is 4.90 Å². The first kappa shape index (κ1) is 22.1. The van der Waals surface area contributed by atoms with E-state index >= 15 is 0 Å². The molecule has 0 saturated heterocycles. The molecule has 160 valence electrons. The van der Waals surface area contributed by atoms with Gasteiger partial charge < -0.3 is 4.74 Å². The van der Waals surface area contributed by atoms with Crippen molar-refractivity contribution >= 4 is 44.9 Å². The van der Waals surface area contributed by atoms with Gasteiger partial charge in [-0.3, -0.25) is 20.3 Å². The Hall–Kier alpha value is -3.63. The number of hydrazone groups is 1. The quantitative estimate of drug-likeness (QED) is 0.290. The van der Waals surface area contributed by atoms with Crippen LogP contribution in [-0.2, 0) is 10.0 Å². The molecule has 0 radical (unpaired) electrons. The molecule has 3 aromatic carbocycles. The molecule has 0 atom stereocenters. The third-order valence-electron chi connectivity index (χ3n) is 4.11. The van der Waals surface area contributed by atoms with Gasteiger partial charge in [-0.05, 0) is 30.3 Å². The molecule has 9 nitrogen and oxygen atoms in total. The van der Waals surface area contributed by atoms with Crippen LogP contribution in [0.5, 0.6) is 5.75 Å². The van der Waals surface area contributed by atoms with Crippen LogP contribution in [0.2, 0.25) is 5.02 Å². The summed E-state index contributed by atoms with van der Waals surface area (Å²) < 4.78 is 33.5. The first-order valence-corrected chi connectivity index (χ1v) is 10.7. The van der Waals surface area contributed by atoms with Gasteiger partial charge in [-0.15, -0.1) is 0 Å². The van der Waals surface area contributed by atoms with Crippen molar-refractivity contribution in [1.82, 2.24) is 0 Å². The van der Waals surface area contributed by atoms with E-state index in [9.17, 15) is 18.5 Å². The van der Waals surface area contributed by atoms with Crippen molar-refractivity contribution in [3.05, 3.63) is 87.4 Å². The number of hydrogen-bond donors (Lipinski definition) is 2. The SMILES string of the molecule is COc1ccccc1/C=N\Nc1ccc([N+](=O)[O-])cc1S(=O)(=O)Nc1ccccc1Cl. The maximum atomic E-state index is 13.0. The summed E-state index contributed by atoms with van der Waals surface area (Å²) in [6, 6.07) is 16.7. The zero-order chi connectivity index (χ0) is 22.4. The molecule has 0 unspecified atom stereocenters. The van der Waals surface area contributed by atoms with E-state index in [2.05, 4.69) is 15.2 Å². The maximum absolute atomic E-state index is 13.0. The second-order valence-corrected chi connectivity index (χ2v) is 8.19. The summed E-state index contributed by atoms with van der Waals surface area (Å²) in [5.41, 5.74) is 3.06. The lowest BCUT2D eigenvalue weighted by atomic mass is 10.2. The number of nitrogens with zero attached hydrogens (tertiary/aromatic N) is 2. The van der Waals surface area contributed by atoms with E-state index in [0.29, 0.717) is 11.3 Å². The van der Waals surface area contributed by atoms with Gasteiger partial charge in [-0.1, -0.05) is 35.9 Å². The van der Waals surface area contributed by atoms with Gasteiger partial charge in [0.25, 0.3) is 15.7 Å². The lowest BCUT2D eigenvalue weighted by molar-refractivity contribution is -0.385. The van der Waals surface area contributed by atoms with Crippen molar-refractivity contribution in [3.8, 4) is 5.75 Å². The minimum absolute atomic E-state index is 0.0382. The molecule has 0 heterocycles. The lowest BCUT2D eigenvalue weighted by Crippen LogP contribution is -2.15. The van der Waals surface area contributed by atoms with Gasteiger partial charge in [0.1, 0.15) is 10.6 Å². The number of ether oxygens (including phenoxy) is 1. The van der Waals surface area contributed by atoms with Crippen LogP contribution < -0.4 is 14.9 Å². The van der Waals surface area contributed by atoms with Crippen LogP contribution in [0, 0.1) is 10.1 Å². The van der Waals surface area contributed by atoms with Crippen molar-refractivity contribution in [2.24, 2.45) is 5.10 Å². The van der Waals surface area contributed by atoms with Gasteiger partial charge in [0.2, 0.25) is 0 Å². The van der Waals surface area contributed by atoms with Crippen LogP contribution in [0.25, 0.3) is 0 Å². The summed E-state index contributed by atoms with van der Waals surface area (Å²) in [6.45, 7) is 0. The highest BCUT2D eigenvalue weighted by molar-refractivity contribution is 7.93. The van der Waals surface area contributed by atoms with E-state index in [1.807, 2.05) is 0 Å². The largest absolute Gasteiger partial charge is 0.496 e. The Kier molecular flexibility index (Phi) is 6.73. The van der Waals surface area contributed by atoms with Crippen LogP contribution in [0.4, 0.5) is 17.1 Å². The number of hydrogen-bond acceptors (Lipinski definition) is 7. The Morgan fingerprint density at radius 2 is 1.77 bits per heavy atom. The highest BCUT2D eigenvalue weighted by Crippen LogP contribution is 2.30. The van der Waals surface area contributed by atoms with Gasteiger partial charge in [-0.2, -0.15) is 5.10 Å². The third kappa shape index (κ3) is 5.30. The number of benzene rings is 3. The molecule has 3 rings (SSSR count). The Morgan fingerprint density at radius 3 is 2.48 bits per heavy atom. The average Bonchev–Trinajstić information content (AvgIpc) is 2.75. The number of sulfonamides is 1. The molecule has 0 saturated carbocycles. The zero-order valence-corrected chi connectivity index (χ0v) is 17.7. The fraction of sp³-hybridized carbons (Fsp3) is 0.0500. The smallest absolute Gasteiger partial charge is 0.270 e. The Bertz CT molecular complexity index is 1250. The molecular formula is C20H17ClN4O5S. The van der Waals surface area contributed by atoms with Crippen LogP contribution in [0.15, 0.2) is 76.7 Å². The van der Waals surface area contributed by atoms with E-state index in [-0.39, 0.29) is 21.3 Å². The number of methoxy groups -OCH3 is 1. The first-order chi connectivity index (χ1) is 14.8. The molecule has 0 spiro atoms. The first-order valence-electron chi connectivity index (χ1n) is 8.79. The Balaban J connectivity index is 1.96. The summed E-state index contributed by atoms with van der Waals surface area (Å²) in [6.07, 6.45) is 1.44. The highest BCUT2D eigenvalue weighted by Gasteiger charge is 2.23. The van der Waals surface area contributed by atoms with Gasteiger partial charge in [0.05, 0.1) is 34.6 Å². The molecule has 0 aliphatic rings. The molecular weight excluding hydrogens is 444 g/mol. The van der Waals surface area contributed by atoms with E-state index in [1.54, 1.807) is 36.4 Å². The normalized spacial score (nSPS) is 11.3. The number of anilines is 2. The number of para-hydroxylation sites is 2. The molecule has 31 heavy (non-hydrogen) atoms. The van der Waals surface area contributed by atoms with Crippen molar-refractivity contribution in [2.75, 3.05) is 17.3 Å². The van der Waals surface area contributed by atoms with Crippen molar-refractivity contribution in [1.29, 1.82) is 0 Å². The van der Waals surface area contributed by atoms with Crippen LogP contribution in [0.1, 0.15) is 5.56 Å². The summed E-state index contributed by atoms with van der Waals surface area (Å²) >= 11 is 6.03. The summed E-state index contributed by atoms with van der Waals surface area (Å²) in [4.78, 5) is 10.1. The Morgan fingerprint density at radius 1 is 1.06 bits per heavy atom. The molecule has 3 aromatic rings. The van der Waals surface area contributed by atoms with E-state index in [0.717, 1.165) is 6.07 Å². The molecule has 2 N–H and O–H groups in total. The zero-order valence-electron chi connectivity index (χ0n) is 16.2. The summed E-state index contributed by atoms with van der Waals surface area (Å²) in [5, 5.41) is 15.4. The molecule has 0 bridgehead atoms. The second-order valence-electron chi connectivity index (χ2n) is 6.13. The molecule has 0 amide bonds. The van der Waals surface area contributed by atoms with E-state index in [1.165, 1.54) is 37.6 Å². The maximum Gasteiger partial charge on any atom is 0.270 e. The molecule has 0 fully saturated rings. The molecule has 0 aliphatic carbocycles. The van der Waals surface area contributed by atoms with Crippen LogP contribution in [0.3, 0.4) is 0 Å². The minimum atomic E-state index is -4.23. The third-order valence-corrected chi connectivity index (χ3v) is 5.85. The van der Waals surface area contributed by atoms with E-state index in [4.69, 9.17) is 16.3 Å².